The third-order valence-electron chi connectivity index (χ3n) is 5.27. The summed E-state index contributed by atoms with van der Waals surface area (Å²) < 4.78 is 13.8. The van der Waals surface area contributed by atoms with Crippen molar-refractivity contribution in [1.29, 1.82) is 0 Å². The molecule has 0 aliphatic rings. The Kier molecular flexibility index (Phi) is 9.47. The molecule has 2 aromatic carbocycles. The number of carbonyl (C=O) groups excluding carboxylic acids is 2. The molecule has 0 spiro atoms. The lowest BCUT2D eigenvalue weighted by Crippen LogP contribution is -2.52. The summed E-state index contributed by atoms with van der Waals surface area (Å²) in [5, 5.41) is 23.1. The zero-order chi connectivity index (χ0) is 25.4. The van der Waals surface area contributed by atoms with Crippen molar-refractivity contribution in [1.82, 2.24) is 15.4 Å². The summed E-state index contributed by atoms with van der Waals surface area (Å²) in [5.74, 6) is -0.799. The van der Waals surface area contributed by atoms with E-state index < -0.39 is 30.5 Å². The van der Waals surface area contributed by atoms with Gasteiger partial charge in [-0.1, -0.05) is 48.0 Å². The third kappa shape index (κ3) is 6.93. The van der Waals surface area contributed by atoms with Crippen LogP contribution < -0.4 is 10.5 Å². The quantitative estimate of drug-likeness (QED) is 0.256. The first kappa shape index (κ1) is 26.5. The van der Waals surface area contributed by atoms with Gasteiger partial charge in [0.25, 0.3) is 0 Å². The maximum Gasteiger partial charge on any atom is 0.239 e. The lowest BCUT2D eigenvalue weighted by Gasteiger charge is -2.33. The van der Waals surface area contributed by atoms with Gasteiger partial charge in [0, 0.05) is 25.1 Å². The van der Waals surface area contributed by atoms with Crippen molar-refractivity contribution in [3.8, 4) is 0 Å². The van der Waals surface area contributed by atoms with Crippen LogP contribution in [0.4, 0.5) is 10.2 Å². The molecule has 35 heavy (non-hydrogen) atoms. The number of aromatic nitrogens is 1. The van der Waals surface area contributed by atoms with E-state index in [9.17, 15) is 24.2 Å². The molecule has 0 radical (unpaired) electrons. The summed E-state index contributed by atoms with van der Waals surface area (Å²) in [6.45, 7) is 0.530. The molecule has 1 aromatic heterocycles. The topological polar surface area (TPSA) is 115 Å². The molecule has 0 fully saturated rings. The second-order valence-electron chi connectivity index (χ2n) is 7.78. The van der Waals surface area contributed by atoms with Gasteiger partial charge in [-0.25, -0.2) is 14.8 Å². The van der Waals surface area contributed by atoms with Crippen LogP contribution in [-0.2, 0) is 21.0 Å². The standard InChI is InChI=1S/C24H26ClFN4O5/c1-16(33)30(28-12-19-7-4-8-22(26)24(19)25)20(10-21(34)13-31)14-35-29(15-32)23-9-17-5-2-3-6-18(17)11-27-23/h2-9,11,15,20-21,28,31,34H,10,12-14H2,1H3/t20-,21-/m1/s1. The first-order valence-electron chi connectivity index (χ1n) is 10.8. The van der Waals surface area contributed by atoms with Crippen molar-refractivity contribution in [3.63, 3.8) is 0 Å². The monoisotopic (exact) mass is 504 g/mol. The van der Waals surface area contributed by atoms with Gasteiger partial charge in [-0.15, -0.1) is 0 Å². The second-order valence-corrected chi connectivity index (χ2v) is 8.16. The number of rotatable bonds is 12. The Morgan fingerprint density at radius 3 is 2.69 bits per heavy atom. The van der Waals surface area contributed by atoms with E-state index in [1.54, 1.807) is 18.3 Å². The molecule has 2 amide bonds. The molecule has 2 atom stereocenters. The fraction of sp³-hybridized carbons (Fsp3) is 0.292. The average Bonchev–Trinajstić information content (AvgIpc) is 2.86. The van der Waals surface area contributed by atoms with Crippen LogP contribution in [0.1, 0.15) is 18.9 Å². The van der Waals surface area contributed by atoms with Gasteiger partial charge in [-0.05, 0) is 29.5 Å². The number of amides is 2. The number of nitrogens with one attached hydrogen (secondary N) is 1. The van der Waals surface area contributed by atoms with Gasteiger partial charge in [-0.3, -0.25) is 19.4 Å². The molecule has 1 heterocycles. The van der Waals surface area contributed by atoms with Gasteiger partial charge >= 0.3 is 0 Å². The molecule has 0 aliphatic carbocycles. The summed E-state index contributed by atoms with van der Waals surface area (Å²) in [4.78, 5) is 34.1. The first-order valence-corrected chi connectivity index (χ1v) is 11.2. The zero-order valence-electron chi connectivity index (χ0n) is 19.0. The van der Waals surface area contributed by atoms with Gasteiger partial charge in [0.1, 0.15) is 5.82 Å². The number of aliphatic hydroxyl groups is 2. The fourth-order valence-corrected chi connectivity index (χ4v) is 3.69. The maximum atomic E-state index is 13.8. The molecule has 11 heteroatoms. The number of hydrazine groups is 1. The van der Waals surface area contributed by atoms with Crippen LogP contribution in [0.3, 0.4) is 0 Å². The SMILES string of the molecule is CC(=O)N(NCc1cccc(F)c1Cl)[C@@H](CON(C=O)c1cc2ccccc2cn1)C[C@@H](O)CO. The van der Waals surface area contributed by atoms with E-state index in [0.717, 1.165) is 15.8 Å². The van der Waals surface area contributed by atoms with Gasteiger partial charge in [0.2, 0.25) is 12.3 Å². The Hall–Kier alpha value is -3.15. The minimum absolute atomic E-state index is 0.00547. The number of nitrogens with zero attached hydrogens (tertiary/aromatic N) is 3. The van der Waals surface area contributed by atoms with E-state index in [2.05, 4.69) is 10.4 Å². The largest absolute Gasteiger partial charge is 0.394 e. The van der Waals surface area contributed by atoms with Crippen molar-refractivity contribution in [2.75, 3.05) is 18.3 Å². The molecule has 0 bridgehead atoms. The van der Waals surface area contributed by atoms with Crippen LogP contribution in [0.25, 0.3) is 10.8 Å². The van der Waals surface area contributed by atoms with Crippen LogP contribution in [0.5, 0.6) is 0 Å². The summed E-state index contributed by atoms with van der Waals surface area (Å²) in [7, 11) is 0. The molecule has 186 valence electrons. The maximum absolute atomic E-state index is 13.8. The summed E-state index contributed by atoms with van der Waals surface area (Å²) in [6, 6.07) is 12.6. The lowest BCUT2D eigenvalue weighted by molar-refractivity contribution is -0.138. The Labute approximate surface area is 206 Å². The zero-order valence-corrected chi connectivity index (χ0v) is 19.7. The first-order chi connectivity index (χ1) is 16.8. The Balaban J connectivity index is 1.77. The average molecular weight is 505 g/mol. The van der Waals surface area contributed by atoms with Crippen molar-refractivity contribution < 1.29 is 29.0 Å². The van der Waals surface area contributed by atoms with Gasteiger partial charge in [-0.2, -0.15) is 5.06 Å². The molecule has 0 unspecified atom stereocenters. The second kappa shape index (κ2) is 12.5. The molecule has 3 aromatic rings. The highest BCUT2D eigenvalue weighted by Crippen LogP contribution is 2.21. The highest BCUT2D eigenvalue weighted by molar-refractivity contribution is 6.31. The molecule has 3 rings (SSSR count). The summed E-state index contributed by atoms with van der Waals surface area (Å²) in [5.41, 5.74) is 3.29. The van der Waals surface area contributed by atoms with E-state index in [1.165, 1.54) is 24.1 Å². The highest BCUT2D eigenvalue weighted by atomic mass is 35.5. The molecular weight excluding hydrogens is 479 g/mol. The number of hydrogen-bond donors (Lipinski definition) is 3. The van der Waals surface area contributed by atoms with Crippen molar-refractivity contribution in [2.45, 2.75) is 32.0 Å². The number of fused-ring (bicyclic) bond motifs is 1. The van der Waals surface area contributed by atoms with Gasteiger partial charge < -0.3 is 10.2 Å². The van der Waals surface area contributed by atoms with Crippen LogP contribution in [-0.4, -0.2) is 57.9 Å². The van der Waals surface area contributed by atoms with Crippen molar-refractivity contribution in [2.24, 2.45) is 0 Å². The molecule has 0 saturated heterocycles. The third-order valence-corrected chi connectivity index (χ3v) is 5.70. The normalized spacial score (nSPS) is 12.8. The molecule has 0 saturated carbocycles. The van der Waals surface area contributed by atoms with E-state index in [-0.39, 0.29) is 30.4 Å². The Morgan fingerprint density at radius 2 is 2.00 bits per heavy atom. The number of aliphatic hydroxyl groups excluding tert-OH is 2. The molecular formula is C24H26ClFN4O5. The Bertz CT molecular complexity index is 1170. The lowest BCUT2D eigenvalue weighted by atomic mass is 10.1. The Morgan fingerprint density at radius 1 is 1.26 bits per heavy atom. The summed E-state index contributed by atoms with van der Waals surface area (Å²) in [6.07, 6.45) is 0.810. The minimum atomic E-state index is -1.16. The minimum Gasteiger partial charge on any atom is -0.394 e. The van der Waals surface area contributed by atoms with Crippen molar-refractivity contribution in [3.05, 3.63) is 71.1 Å². The highest BCUT2D eigenvalue weighted by Gasteiger charge is 2.26. The predicted octanol–water partition coefficient (Wildman–Crippen LogP) is 2.59. The number of halogens is 2. The molecule has 9 nitrogen and oxygen atoms in total. The van der Waals surface area contributed by atoms with Crippen LogP contribution >= 0.6 is 11.6 Å². The summed E-state index contributed by atoms with van der Waals surface area (Å²) >= 11 is 6.00. The molecule has 0 aliphatic heterocycles. The number of pyridine rings is 1. The number of carbonyl (C=O) groups is 2. The fourth-order valence-electron chi connectivity index (χ4n) is 3.50. The van der Waals surface area contributed by atoms with E-state index >= 15 is 0 Å². The van der Waals surface area contributed by atoms with E-state index in [4.69, 9.17) is 16.4 Å². The van der Waals surface area contributed by atoms with Crippen LogP contribution in [0.2, 0.25) is 5.02 Å². The van der Waals surface area contributed by atoms with Gasteiger partial charge in [0.15, 0.2) is 5.82 Å². The van der Waals surface area contributed by atoms with Crippen molar-refractivity contribution >= 4 is 40.5 Å². The van der Waals surface area contributed by atoms with Gasteiger partial charge in [0.05, 0.1) is 30.4 Å². The van der Waals surface area contributed by atoms with E-state index in [0.29, 0.717) is 12.0 Å². The van der Waals surface area contributed by atoms with Crippen LogP contribution in [0.15, 0.2) is 54.7 Å². The molecule has 3 N–H and O–H groups in total. The number of hydroxylamine groups is 1. The number of hydrogen-bond acceptors (Lipinski definition) is 7. The predicted molar refractivity (Wildman–Crippen MR) is 129 cm³/mol. The smallest absolute Gasteiger partial charge is 0.239 e. The number of benzene rings is 2. The number of anilines is 1. The van der Waals surface area contributed by atoms with E-state index in [1.807, 2.05) is 24.3 Å². The van der Waals surface area contributed by atoms with Crippen LogP contribution in [0, 0.1) is 5.82 Å².